The fourth-order valence-electron chi connectivity index (χ4n) is 3.23. The number of nitrogens with zero attached hydrogens (tertiary/aromatic N) is 3. The molecule has 2 aromatic rings. The number of rotatable bonds is 6. The first kappa shape index (κ1) is 16.5. The molecule has 3 heterocycles. The molecule has 2 aliphatic rings. The third-order valence-corrected chi connectivity index (χ3v) is 5.42. The van der Waals surface area contributed by atoms with Crippen LogP contribution in [-0.4, -0.2) is 33.4 Å². The summed E-state index contributed by atoms with van der Waals surface area (Å²) >= 11 is 1.53. The van der Waals surface area contributed by atoms with Gasteiger partial charge in [0, 0.05) is 24.7 Å². The van der Waals surface area contributed by atoms with Crippen molar-refractivity contribution in [3.63, 3.8) is 0 Å². The van der Waals surface area contributed by atoms with Gasteiger partial charge < -0.3 is 15.4 Å². The van der Waals surface area contributed by atoms with Crippen molar-refractivity contribution in [1.82, 2.24) is 25.4 Å². The van der Waals surface area contributed by atoms with Gasteiger partial charge in [-0.25, -0.2) is 9.78 Å². The molecule has 2 amide bonds. The van der Waals surface area contributed by atoms with E-state index in [9.17, 15) is 4.79 Å². The molecule has 1 unspecified atom stereocenters. The summed E-state index contributed by atoms with van der Waals surface area (Å²) in [5.41, 5.74) is 3.71. The Balaban J connectivity index is 1.38. The highest BCUT2D eigenvalue weighted by atomic mass is 32.1. The van der Waals surface area contributed by atoms with E-state index in [1.807, 2.05) is 29.2 Å². The average molecular weight is 361 g/mol. The molecule has 134 valence electrons. The fourth-order valence-corrected chi connectivity index (χ4v) is 3.88. The zero-order valence-electron chi connectivity index (χ0n) is 14.2. The molecule has 1 aliphatic heterocycles. The van der Waals surface area contributed by atoms with E-state index in [0.29, 0.717) is 6.61 Å². The number of amides is 2. The molecule has 2 aromatic heterocycles. The monoisotopic (exact) mass is 361 g/mol. The van der Waals surface area contributed by atoms with Gasteiger partial charge in [-0.1, -0.05) is 0 Å². The van der Waals surface area contributed by atoms with Crippen molar-refractivity contribution in [2.75, 3.05) is 6.61 Å². The maximum absolute atomic E-state index is 12.4. The summed E-state index contributed by atoms with van der Waals surface area (Å²) < 4.78 is 7.96. The minimum absolute atomic E-state index is 0.0442. The summed E-state index contributed by atoms with van der Waals surface area (Å²) in [5, 5.41) is 12.4. The van der Waals surface area contributed by atoms with E-state index in [2.05, 4.69) is 20.7 Å². The van der Waals surface area contributed by atoms with E-state index in [0.717, 1.165) is 30.3 Å². The van der Waals surface area contributed by atoms with Gasteiger partial charge in [-0.2, -0.15) is 5.10 Å². The second kappa shape index (κ2) is 7.13. The van der Waals surface area contributed by atoms with Gasteiger partial charge >= 0.3 is 6.03 Å². The van der Waals surface area contributed by atoms with Gasteiger partial charge in [0.05, 0.1) is 29.0 Å². The summed E-state index contributed by atoms with van der Waals surface area (Å²) in [6.45, 7) is 3.52. The molecule has 3 atom stereocenters. The molecule has 1 saturated heterocycles. The lowest BCUT2D eigenvalue weighted by Gasteiger charge is -2.22. The van der Waals surface area contributed by atoms with Gasteiger partial charge in [0.25, 0.3) is 0 Å². The molecule has 2 fully saturated rings. The van der Waals surface area contributed by atoms with Crippen molar-refractivity contribution < 1.29 is 9.53 Å². The van der Waals surface area contributed by atoms with Crippen LogP contribution in [-0.2, 0) is 11.3 Å². The second-order valence-corrected chi connectivity index (χ2v) is 7.54. The Kier molecular flexibility index (Phi) is 4.72. The maximum Gasteiger partial charge on any atom is 0.315 e. The Morgan fingerprint density at radius 3 is 3.12 bits per heavy atom. The Bertz CT molecular complexity index is 712. The number of hydrogen-bond donors (Lipinski definition) is 2. The molecule has 0 spiro atoms. The average Bonchev–Trinajstić information content (AvgIpc) is 3.01. The topological polar surface area (TPSA) is 81.1 Å². The van der Waals surface area contributed by atoms with Crippen LogP contribution in [0.4, 0.5) is 4.79 Å². The number of urea groups is 1. The zero-order chi connectivity index (χ0) is 17.2. The van der Waals surface area contributed by atoms with E-state index in [-0.39, 0.29) is 24.2 Å². The van der Waals surface area contributed by atoms with Gasteiger partial charge in [-0.3, -0.25) is 4.68 Å². The van der Waals surface area contributed by atoms with Crippen molar-refractivity contribution in [3.05, 3.63) is 34.5 Å². The lowest BCUT2D eigenvalue weighted by atomic mass is 10.1. The fraction of sp³-hybridized carbons (Fsp3) is 0.588. The molecule has 2 N–H and O–H groups in total. The van der Waals surface area contributed by atoms with E-state index in [1.54, 1.807) is 5.51 Å². The molecule has 0 aromatic carbocycles. The molecule has 1 saturated carbocycles. The van der Waals surface area contributed by atoms with Crippen LogP contribution in [0.2, 0.25) is 0 Å². The van der Waals surface area contributed by atoms with Crippen LogP contribution in [0.15, 0.2) is 23.2 Å². The SMILES string of the molecule is CC(NC(=O)N[C@@H]1CCO[C@H]1c1ccnn1CC1CC1)c1cscn1. The first-order valence-corrected chi connectivity index (χ1v) is 9.73. The van der Waals surface area contributed by atoms with Gasteiger partial charge in [0.15, 0.2) is 0 Å². The quantitative estimate of drug-likeness (QED) is 0.829. The first-order valence-electron chi connectivity index (χ1n) is 8.79. The lowest BCUT2D eigenvalue weighted by molar-refractivity contribution is 0.0920. The van der Waals surface area contributed by atoms with E-state index in [1.165, 1.54) is 24.2 Å². The van der Waals surface area contributed by atoms with Crippen LogP contribution < -0.4 is 10.6 Å². The highest BCUT2D eigenvalue weighted by molar-refractivity contribution is 7.07. The molecule has 0 radical (unpaired) electrons. The van der Waals surface area contributed by atoms with Gasteiger partial charge in [-0.05, 0) is 38.2 Å². The number of ether oxygens (including phenoxy) is 1. The molecule has 7 nitrogen and oxygen atoms in total. The molecule has 4 rings (SSSR count). The normalized spacial score (nSPS) is 24.2. The van der Waals surface area contributed by atoms with Gasteiger partial charge in [-0.15, -0.1) is 11.3 Å². The summed E-state index contributed by atoms with van der Waals surface area (Å²) in [6, 6.07) is 1.65. The summed E-state index contributed by atoms with van der Waals surface area (Å²) in [6.07, 6.45) is 5.05. The third-order valence-electron chi connectivity index (χ3n) is 4.82. The Morgan fingerprint density at radius 1 is 1.48 bits per heavy atom. The molecule has 1 aliphatic carbocycles. The summed E-state index contributed by atoms with van der Waals surface area (Å²) in [5.74, 6) is 0.744. The number of carbonyl (C=O) groups excluding carboxylic acids is 1. The number of aromatic nitrogens is 3. The number of nitrogens with one attached hydrogen (secondary N) is 2. The third kappa shape index (κ3) is 3.85. The van der Waals surface area contributed by atoms with Gasteiger partial charge in [0.2, 0.25) is 0 Å². The highest BCUT2D eigenvalue weighted by Gasteiger charge is 2.34. The highest BCUT2D eigenvalue weighted by Crippen LogP contribution is 2.34. The van der Waals surface area contributed by atoms with Crippen LogP contribution in [0.3, 0.4) is 0 Å². The minimum atomic E-state index is -0.186. The Labute approximate surface area is 150 Å². The van der Waals surface area contributed by atoms with Crippen LogP contribution in [0.25, 0.3) is 0 Å². The van der Waals surface area contributed by atoms with Crippen molar-refractivity contribution >= 4 is 17.4 Å². The number of carbonyl (C=O) groups is 1. The maximum atomic E-state index is 12.4. The molecule has 25 heavy (non-hydrogen) atoms. The second-order valence-electron chi connectivity index (χ2n) is 6.82. The van der Waals surface area contributed by atoms with E-state index in [4.69, 9.17) is 4.74 Å². The standard InChI is InChI=1S/C17H23N5O2S/c1-11(14-9-25-10-18-14)20-17(23)21-13-5-7-24-16(13)15-4-6-19-22(15)8-12-2-3-12/h4,6,9-13,16H,2-3,5,7-8H2,1H3,(H2,20,21,23)/t11?,13-,16-/m1/s1. The Morgan fingerprint density at radius 2 is 2.36 bits per heavy atom. The van der Waals surface area contributed by atoms with Gasteiger partial charge in [0.1, 0.15) is 6.10 Å². The smallest absolute Gasteiger partial charge is 0.315 e. The summed E-state index contributed by atoms with van der Waals surface area (Å²) in [7, 11) is 0. The molecule has 8 heteroatoms. The van der Waals surface area contributed by atoms with E-state index < -0.39 is 0 Å². The molecule has 0 bridgehead atoms. The predicted octanol–water partition coefficient (Wildman–Crippen LogP) is 2.64. The van der Waals surface area contributed by atoms with Crippen molar-refractivity contribution in [3.8, 4) is 0 Å². The van der Waals surface area contributed by atoms with Crippen LogP contribution in [0, 0.1) is 5.92 Å². The van der Waals surface area contributed by atoms with Crippen LogP contribution in [0.1, 0.15) is 49.7 Å². The van der Waals surface area contributed by atoms with Crippen molar-refractivity contribution in [1.29, 1.82) is 0 Å². The van der Waals surface area contributed by atoms with Crippen LogP contribution >= 0.6 is 11.3 Å². The lowest BCUT2D eigenvalue weighted by Crippen LogP contribution is -2.44. The van der Waals surface area contributed by atoms with Crippen molar-refractivity contribution in [2.45, 2.75) is 50.9 Å². The summed E-state index contributed by atoms with van der Waals surface area (Å²) in [4.78, 5) is 16.6. The Hall–Kier alpha value is -1.93. The van der Waals surface area contributed by atoms with Crippen molar-refractivity contribution in [2.24, 2.45) is 5.92 Å². The minimum Gasteiger partial charge on any atom is -0.370 e. The zero-order valence-corrected chi connectivity index (χ0v) is 15.0. The van der Waals surface area contributed by atoms with E-state index >= 15 is 0 Å². The first-order chi connectivity index (χ1) is 12.2. The predicted molar refractivity (Wildman–Crippen MR) is 94.2 cm³/mol. The molecular weight excluding hydrogens is 338 g/mol. The molecular formula is C17H23N5O2S. The largest absolute Gasteiger partial charge is 0.370 e. The number of thiazole rings is 1. The van der Waals surface area contributed by atoms with Crippen LogP contribution in [0.5, 0.6) is 0 Å². The number of hydrogen-bond acceptors (Lipinski definition) is 5.